The van der Waals surface area contributed by atoms with Gasteiger partial charge in [0.2, 0.25) is 0 Å². The molecule has 0 amide bonds. The topological polar surface area (TPSA) is 30.7 Å². The average Bonchev–Trinajstić information content (AvgIpc) is 3.27. The molecule has 0 aliphatic carbocycles. The number of para-hydroxylation sites is 2. The maximum Gasteiger partial charge on any atom is 0.0746 e. The monoisotopic (exact) mass is 447 g/mol. The van der Waals surface area contributed by atoms with Crippen molar-refractivity contribution >= 4 is 32.7 Å². The first-order valence-electron chi connectivity index (χ1n) is 11.8. The predicted octanol–water partition coefficient (Wildman–Crippen LogP) is 8.06. The molecular weight excluding hydrogens is 426 g/mol. The Morgan fingerprint density at radius 2 is 1.20 bits per heavy atom. The third-order valence-electron chi connectivity index (χ3n) is 6.70. The Balaban J connectivity index is 1.39. The molecule has 0 radical (unpaired) electrons. The fraction of sp³-hybridized carbons (Fsp3) is 0. The first-order valence-corrected chi connectivity index (χ1v) is 11.8. The van der Waals surface area contributed by atoms with Gasteiger partial charge in [-0.2, -0.15) is 0 Å². The van der Waals surface area contributed by atoms with Crippen molar-refractivity contribution in [3.63, 3.8) is 0 Å². The van der Waals surface area contributed by atoms with Crippen LogP contribution in [0.2, 0.25) is 0 Å². The molecule has 0 fully saturated rings. The molecule has 0 atom stereocenters. The van der Waals surface area contributed by atoms with E-state index in [0.717, 1.165) is 39.0 Å². The molecule has 0 unspecified atom stereocenters. The second kappa shape index (κ2) is 7.93. The predicted molar refractivity (Wildman–Crippen MR) is 145 cm³/mol. The van der Waals surface area contributed by atoms with Gasteiger partial charge in [0, 0.05) is 39.8 Å². The Kier molecular flexibility index (Phi) is 4.46. The zero-order valence-corrected chi connectivity index (χ0v) is 19.0. The maximum atomic E-state index is 4.98. The van der Waals surface area contributed by atoms with E-state index in [1.54, 1.807) is 6.20 Å². The summed E-state index contributed by atoms with van der Waals surface area (Å²) in [5, 5.41) is 3.60. The molecular formula is C32H21N3. The minimum atomic E-state index is 0.947. The van der Waals surface area contributed by atoms with Gasteiger partial charge in [0.05, 0.1) is 22.2 Å². The molecule has 0 aliphatic heterocycles. The highest BCUT2D eigenvalue weighted by Crippen LogP contribution is 2.34. The van der Waals surface area contributed by atoms with E-state index < -0.39 is 0 Å². The Hall–Kier alpha value is -4.76. The van der Waals surface area contributed by atoms with Crippen LogP contribution in [0.3, 0.4) is 0 Å². The summed E-state index contributed by atoms with van der Waals surface area (Å²) in [7, 11) is 0. The van der Waals surface area contributed by atoms with Crippen LogP contribution in [-0.2, 0) is 0 Å². The smallest absolute Gasteiger partial charge is 0.0746 e. The number of nitrogens with zero attached hydrogens (tertiary/aromatic N) is 3. The largest absolute Gasteiger partial charge is 0.309 e. The zero-order valence-electron chi connectivity index (χ0n) is 19.0. The summed E-state index contributed by atoms with van der Waals surface area (Å²) < 4.78 is 2.34. The number of aromatic nitrogens is 3. The molecule has 0 aliphatic rings. The zero-order chi connectivity index (χ0) is 23.2. The lowest BCUT2D eigenvalue weighted by atomic mass is 9.99. The van der Waals surface area contributed by atoms with Crippen molar-refractivity contribution < 1.29 is 0 Å². The molecule has 0 bridgehead atoms. The van der Waals surface area contributed by atoms with Crippen molar-refractivity contribution in [3.8, 4) is 28.1 Å². The molecule has 3 nitrogen and oxygen atoms in total. The summed E-state index contributed by atoms with van der Waals surface area (Å²) in [6, 6.07) is 40.5. The van der Waals surface area contributed by atoms with Crippen LogP contribution in [0.4, 0.5) is 0 Å². The average molecular weight is 448 g/mol. The van der Waals surface area contributed by atoms with E-state index in [-0.39, 0.29) is 0 Å². The van der Waals surface area contributed by atoms with Gasteiger partial charge in [-0.25, -0.2) is 4.98 Å². The van der Waals surface area contributed by atoms with Crippen LogP contribution in [0, 0.1) is 0 Å². The molecule has 0 N–H and O–H groups in total. The van der Waals surface area contributed by atoms with E-state index in [4.69, 9.17) is 4.98 Å². The minimum Gasteiger partial charge on any atom is -0.309 e. The SMILES string of the molecule is c1ccc(-c2cc(-c3ccc(-n4c5ccccc5c5ccccc54)cc3)nc3ccncc23)cc1. The van der Waals surface area contributed by atoms with E-state index >= 15 is 0 Å². The molecule has 3 aromatic heterocycles. The van der Waals surface area contributed by atoms with Gasteiger partial charge < -0.3 is 4.57 Å². The molecule has 164 valence electrons. The van der Waals surface area contributed by atoms with Crippen molar-refractivity contribution in [2.75, 3.05) is 0 Å². The summed E-state index contributed by atoms with van der Waals surface area (Å²) >= 11 is 0. The Bertz CT molecular complexity index is 1780. The minimum absolute atomic E-state index is 0.947. The van der Waals surface area contributed by atoms with Crippen LogP contribution in [0.25, 0.3) is 60.8 Å². The van der Waals surface area contributed by atoms with E-state index in [0.29, 0.717) is 0 Å². The first kappa shape index (κ1) is 19.7. The highest BCUT2D eigenvalue weighted by molar-refractivity contribution is 6.09. The van der Waals surface area contributed by atoms with Gasteiger partial charge in [-0.05, 0) is 47.5 Å². The molecule has 0 spiro atoms. The van der Waals surface area contributed by atoms with Crippen LogP contribution < -0.4 is 0 Å². The summed E-state index contributed by atoms with van der Waals surface area (Å²) in [6.07, 6.45) is 3.71. The summed E-state index contributed by atoms with van der Waals surface area (Å²) in [5.74, 6) is 0. The van der Waals surface area contributed by atoms with Gasteiger partial charge in [-0.3, -0.25) is 4.98 Å². The normalized spacial score (nSPS) is 11.4. The molecule has 35 heavy (non-hydrogen) atoms. The van der Waals surface area contributed by atoms with Crippen LogP contribution in [0.1, 0.15) is 0 Å². The lowest BCUT2D eigenvalue weighted by Crippen LogP contribution is -1.94. The standard InChI is InChI=1S/C32H21N3/c1-2-8-22(9-3-1)27-20-30(34-29-18-19-33-21-28(27)29)23-14-16-24(17-15-23)35-31-12-6-4-10-25(31)26-11-5-7-13-32(26)35/h1-21H. The van der Waals surface area contributed by atoms with Crippen molar-refractivity contribution in [2.45, 2.75) is 0 Å². The summed E-state index contributed by atoms with van der Waals surface area (Å²) in [5.41, 5.74) is 8.86. The molecule has 4 aromatic carbocycles. The molecule has 0 saturated heterocycles. The Labute approximate surface area is 203 Å². The summed E-state index contributed by atoms with van der Waals surface area (Å²) in [4.78, 5) is 9.33. The molecule has 7 aromatic rings. The lowest BCUT2D eigenvalue weighted by molar-refractivity contribution is 1.18. The van der Waals surface area contributed by atoms with Crippen LogP contribution in [0.15, 0.2) is 128 Å². The summed E-state index contributed by atoms with van der Waals surface area (Å²) in [6.45, 7) is 0. The molecule has 3 heteroatoms. The van der Waals surface area contributed by atoms with Crippen LogP contribution in [-0.4, -0.2) is 14.5 Å². The van der Waals surface area contributed by atoms with Crippen LogP contribution >= 0.6 is 0 Å². The Morgan fingerprint density at radius 3 is 1.91 bits per heavy atom. The third-order valence-corrected chi connectivity index (χ3v) is 6.70. The van der Waals surface area contributed by atoms with Crippen molar-refractivity contribution in [3.05, 3.63) is 128 Å². The molecule has 0 saturated carbocycles. The van der Waals surface area contributed by atoms with Gasteiger partial charge in [-0.15, -0.1) is 0 Å². The maximum absolute atomic E-state index is 4.98. The van der Waals surface area contributed by atoms with E-state index in [1.807, 2.05) is 18.3 Å². The van der Waals surface area contributed by atoms with E-state index in [9.17, 15) is 0 Å². The van der Waals surface area contributed by atoms with E-state index in [1.165, 1.54) is 21.8 Å². The third kappa shape index (κ3) is 3.21. The molecule has 7 rings (SSSR count). The van der Waals surface area contributed by atoms with Crippen molar-refractivity contribution in [1.29, 1.82) is 0 Å². The van der Waals surface area contributed by atoms with Gasteiger partial charge >= 0.3 is 0 Å². The number of benzene rings is 4. The molecule has 3 heterocycles. The van der Waals surface area contributed by atoms with Gasteiger partial charge in [-0.1, -0.05) is 78.9 Å². The van der Waals surface area contributed by atoms with Gasteiger partial charge in [0.15, 0.2) is 0 Å². The van der Waals surface area contributed by atoms with Crippen LogP contribution in [0.5, 0.6) is 0 Å². The van der Waals surface area contributed by atoms with Crippen molar-refractivity contribution in [1.82, 2.24) is 14.5 Å². The fourth-order valence-corrected chi connectivity index (χ4v) is 5.06. The number of hydrogen-bond donors (Lipinski definition) is 0. The Morgan fingerprint density at radius 1 is 0.543 bits per heavy atom. The highest BCUT2D eigenvalue weighted by Gasteiger charge is 2.13. The lowest BCUT2D eigenvalue weighted by Gasteiger charge is -2.12. The number of hydrogen-bond acceptors (Lipinski definition) is 2. The van der Waals surface area contributed by atoms with Gasteiger partial charge in [0.25, 0.3) is 0 Å². The van der Waals surface area contributed by atoms with E-state index in [2.05, 4.69) is 113 Å². The number of rotatable bonds is 3. The number of fused-ring (bicyclic) bond motifs is 4. The highest BCUT2D eigenvalue weighted by atomic mass is 15.0. The van der Waals surface area contributed by atoms with Crippen molar-refractivity contribution in [2.24, 2.45) is 0 Å². The second-order valence-corrected chi connectivity index (χ2v) is 8.73. The quantitative estimate of drug-likeness (QED) is 0.274. The number of pyridine rings is 2. The first-order chi connectivity index (χ1) is 17.4. The fourth-order valence-electron chi connectivity index (χ4n) is 5.06. The second-order valence-electron chi connectivity index (χ2n) is 8.73. The van der Waals surface area contributed by atoms with Gasteiger partial charge in [0.1, 0.15) is 0 Å².